The zero-order chi connectivity index (χ0) is 5.98. The summed E-state index contributed by atoms with van der Waals surface area (Å²) in [5.41, 5.74) is 0. The van der Waals surface area contributed by atoms with E-state index in [1.165, 1.54) is 0 Å². The van der Waals surface area contributed by atoms with Crippen molar-refractivity contribution in [3.8, 4) is 0 Å². The molecule has 1 rings (SSSR count). The molecule has 0 bridgehead atoms. The normalized spacial score (nSPS) is 28.4. The van der Waals surface area contributed by atoms with Gasteiger partial charge in [-0.25, -0.2) is 0 Å². The number of ether oxygens (including phenoxy) is 2. The van der Waals surface area contributed by atoms with E-state index in [0.717, 1.165) is 0 Å². The molecule has 0 aromatic heterocycles. The Labute approximate surface area is 52.4 Å². The third kappa shape index (κ3) is 1.21. The molecule has 0 N–H and O–H groups in total. The van der Waals surface area contributed by atoms with Crippen LogP contribution in [-0.2, 0) is 14.3 Å². The molecule has 0 radical (unpaired) electrons. The predicted octanol–water partition coefficient (Wildman–Crippen LogP) is -0.184. The second-order valence-electron chi connectivity index (χ2n) is 1.48. The summed E-state index contributed by atoms with van der Waals surface area (Å²) in [5, 5.41) is -0.262. The Morgan fingerprint density at radius 3 is 2.75 bits per heavy atom. The van der Waals surface area contributed by atoms with Crippen molar-refractivity contribution in [2.24, 2.45) is 0 Å². The Balaban J connectivity index is 2.35. The van der Waals surface area contributed by atoms with Gasteiger partial charge < -0.3 is 9.47 Å². The van der Waals surface area contributed by atoms with Crippen molar-refractivity contribution in [2.45, 2.75) is 6.10 Å². The van der Waals surface area contributed by atoms with Crippen LogP contribution in [0.25, 0.3) is 0 Å². The fraction of sp³-hybridized carbons (Fsp3) is 0.750. The molecule has 3 nitrogen and oxygen atoms in total. The average Bonchev–Trinajstić information content (AvgIpc) is 2.12. The van der Waals surface area contributed by atoms with Crippen molar-refractivity contribution in [3.63, 3.8) is 0 Å². The van der Waals surface area contributed by atoms with E-state index in [-0.39, 0.29) is 11.9 Å². The van der Waals surface area contributed by atoms with Crippen LogP contribution in [0, 0.1) is 0 Å². The van der Waals surface area contributed by atoms with Gasteiger partial charge in [-0.15, -0.1) is 12.6 Å². The quantitative estimate of drug-likeness (QED) is 0.505. The van der Waals surface area contributed by atoms with E-state index in [9.17, 15) is 4.79 Å². The number of carbonyl (C=O) groups is 1. The van der Waals surface area contributed by atoms with Crippen molar-refractivity contribution in [1.29, 1.82) is 0 Å². The first-order chi connectivity index (χ1) is 3.80. The molecule has 8 heavy (non-hydrogen) atoms. The number of thiol groups is 1. The maximum absolute atomic E-state index is 10.3. The smallest absolute Gasteiger partial charge is 0.217 e. The molecule has 0 spiro atoms. The molecule has 0 aromatic carbocycles. The Hall–Kier alpha value is -0.0600. The summed E-state index contributed by atoms with van der Waals surface area (Å²) < 4.78 is 9.49. The van der Waals surface area contributed by atoms with Gasteiger partial charge >= 0.3 is 0 Å². The highest BCUT2D eigenvalue weighted by Crippen LogP contribution is 2.04. The number of rotatable bonds is 1. The van der Waals surface area contributed by atoms with Gasteiger partial charge in [0.25, 0.3) is 0 Å². The molecule has 0 aromatic rings. The average molecular weight is 134 g/mol. The monoisotopic (exact) mass is 134 g/mol. The summed E-state index contributed by atoms with van der Waals surface area (Å²) in [6, 6.07) is 0. The highest BCUT2D eigenvalue weighted by molar-refractivity contribution is 7.96. The molecule has 0 amide bonds. The lowest BCUT2D eigenvalue weighted by molar-refractivity contribution is -0.118. The van der Waals surface area contributed by atoms with Gasteiger partial charge in [0.05, 0.1) is 6.61 Å². The van der Waals surface area contributed by atoms with Crippen LogP contribution < -0.4 is 0 Å². The first kappa shape index (κ1) is 6.07. The van der Waals surface area contributed by atoms with Crippen LogP contribution >= 0.6 is 12.6 Å². The van der Waals surface area contributed by atoms with E-state index < -0.39 is 6.10 Å². The number of hydrogen-bond donors (Lipinski definition) is 1. The molecule has 1 saturated heterocycles. The lowest BCUT2D eigenvalue weighted by Gasteiger charge is -1.96. The van der Waals surface area contributed by atoms with Gasteiger partial charge in [0.1, 0.15) is 6.79 Å². The maximum atomic E-state index is 10.3. The molecule has 1 fully saturated rings. The zero-order valence-electron chi connectivity index (χ0n) is 4.16. The van der Waals surface area contributed by atoms with Crippen LogP contribution in [0.15, 0.2) is 0 Å². The molecule has 4 heteroatoms. The van der Waals surface area contributed by atoms with Gasteiger partial charge in [-0.2, -0.15) is 0 Å². The maximum Gasteiger partial charge on any atom is 0.217 e. The van der Waals surface area contributed by atoms with Gasteiger partial charge in [-0.05, 0) is 0 Å². The lowest BCUT2D eigenvalue weighted by atomic mass is 10.4. The summed E-state index contributed by atoms with van der Waals surface area (Å²) in [4.78, 5) is 10.3. The third-order valence-corrected chi connectivity index (χ3v) is 1.19. The molecule has 1 heterocycles. The van der Waals surface area contributed by atoms with Gasteiger partial charge in [-0.1, -0.05) is 0 Å². The Morgan fingerprint density at radius 1 is 1.75 bits per heavy atom. The van der Waals surface area contributed by atoms with Crippen molar-refractivity contribution in [1.82, 2.24) is 0 Å². The molecule has 1 unspecified atom stereocenters. The minimum Gasteiger partial charge on any atom is -0.352 e. The minimum atomic E-state index is -0.432. The Kier molecular flexibility index (Phi) is 1.88. The van der Waals surface area contributed by atoms with Crippen molar-refractivity contribution < 1.29 is 14.3 Å². The SMILES string of the molecule is O=C(S)C1COCO1. The topological polar surface area (TPSA) is 35.5 Å². The summed E-state index contributed by atoms with van der Waals surface area (Å²) >= 11 is 3.55. The first-order valence-corrected chi connectivity index (χ1v) is 2.67. The molecule has 1 aliphatic rings. The van der Waals surface area contributed by atoms with Gasteiger partial charge in [0.2, 0.25) is 5.12 Å². The number of hydrogen-bond acceptors (Lipinski definition) is 3. The van der Waals surface area contributed by atoms with E-state index >= 15 is 0 Å². The summed E-state index contributed by atoms with van der Waals surface area (Å²) in [5.74, 6) is 0. The Morgan fingerprint density at radius 2 is 2.50 bits per heavy atom. The van der Waals surface area contributed by atoms with Crippen LogP contribution in [-0.4, -0.2) is 24.6 Å². The van der Waals surface area contributed by atoms with Gasteiger partial charge in [0, 0.05) is 0 Å². The third-order valence-electron chi connectivity index (χ3n) is 0.897. The van der Waals surface area contributed by atoms with E-state index in [4.69, 9.17) is 9.47 Å². The van der Waals surface area contributed by atoms with Crippen LogP contribution in [0.2, 0.25) is 0 Å². The molecule has 0 saturated carbocycles. The van der Waals surface area contributed by atoms with Crippen molar-refractivity contribution in [3.05, 3.63) is 0 Å². The second-order valence-corrected chi connectivity index (χ2v) is 1.92. The molecular formula is C4H6O3S. The van der Waals surface area contributed by atoms with Crippen LogP contribution in [0.4, 0.5) is 0 Å². The zero-order valence-corrected chi connectivity index (χ0v) is 5.06. The molecule has 1 atom stereocenters. The van der Waals surface area contributed by atoms with Crippen LogP contribution in [0.3, 0.4) is 0 Å². The molecule has 46 valence electrons. The molecule has 1 aliphatic heterocycles. The fourth-order valence-corrected chi connectivity index (χ4v) is 0.625. The summed E-state index contributed by atoms with van der Waals surface area (Å²) in [7, 11) is 0. The van der Waals surface area contributed by atoms with Gasteiger partial charge in [0.15, 0.2) is 6.10 Å². The van der Waals surface area contributed by atoms with E-state index in [1.54, 1.807) is 0 Å². The van der Waals surface area contributed by atoms with Gasteiger partial charge in [-0.3, -0.25) is 4.79 Å². The van der Waals surface area contributed by atoms with Crippen LogP contribution in [0.5, 0.6) is 0 Å². The highest BCUT2D eigenvalue weighted by atomic mass is 32.1. The first-order valence-electron chi connectivity index (χ1n) is 2.23. The van der Waals surface area contributed by atoms with Crippen LogP contribution in [0.1, 0.15) is 0 Å². The Bertz CT molecular complexity index is 97.5. The lowest BCUT2D eigenvalue weighted by Crippen LogP contribution is -2.16. The second kappa shape index (κ2) is 2.48. The minimum absolute atomic E-state index is 0.219. The fourth-order valence-electron chi connectivity index (χ4n) is 0.476. The van der Waals surface area contributed by atoms with Crippen molar-refractivity contribution >= 4 is 17.7 Å². The largest absolute Gasteiger partial charge is 0.352 e. The number of carbonyl (C=O) groups excluding carboxylic acids is 1. The predicted molar refractivity (Wildman–Crippen MR) is 29.7 cm³/mol. The van der Waals surface area contributed by atoms with E-state index in [1.807, 2.05) is 0 Å². The summed E-state index contributed by atoms with van der Waals surface area (Å²) in [6.07, 6.45) is -0.432. The molecular weight excluding hydrogens is 128 g/mol. The van der Waals surface area contributed by atoms with E-state index in [0.29, 0.717) is 6.61 Å². The highest BCUT2D eigenvalue weighted by Gasteiger charge is 2.20. The van der Waals surface area contributed by atoms with Crippen molar-refractivity contribution in [2.75, 3.05) is 13.4 Å². The molecule has 0 aliphatic carbocycles. The van der Waals surface area contributed by atoms with E-state index in [2.05, 4.69) is 12.6 Å². The standard InChI is InChI=1S/C4H6O3S/c5-4(8)3-1-6-2-7-3/h3H,1-2H2,(H,5,8). The summed E-state index contributed by atoms with van der Waals surface area (Å²) in [6.45, 7) is 0.569.